The van der Waals surface area contributed by atoms with E-state index in [-0.39, 0.29) is 11.8 Å². The minimum atomic E-state index is -4.69. The molecule has 2 aromatic carbocycles. The van der Waals surface area contributed by atoms with Crippen LogP contribution >= 0.6 is 0 Å². The van der Waals surface area contributed by atoms with Gasteiger partial charge in [0.1, 0.15) is 11.5 Å². The zero-order valence-electron chi connectivity index (χ0n) is 14.4. The second-order valence-corrected chi connectivity index (χ2v) is 6.05. The number of methoxy groups -OCH3 is 1. The summed E-state index contributed by atoms with van der Waals surface area (Å²) in [7, 11) is 1.62. The molecule has 1 saturated heterocycles. The molecule has 0 radical (unpaired) electrons. The van der Waals surface area contributed by atoms with Crippen LogP contribution in [0.5, 0.6) is 11.5 Å². The maximum absolute atomic E-state index is 12.4. The summed E-state index contributed by atoms with van der Waals surface area (Å²) >= 11 is 0. The van der Waals surface area contributed by atoms with Crippen molar-refractivity contribution in [3.8, 4) is 11.5 Å². The first-order valence-electron chi connectivity index (χ1n) is 8.41. The number of nitrogens with one attached hydrogen (secondary N) is 1. The Bertz CT molecular complexity index is 713. The molecule has 2 aromatic rings. The van der Waals surface area contributed by atoms with Gasteiger partial charge in [-0.25, -0.2) is 0 Å². The first kappa shape index (κ1) is 18.5. The largest absolute Gasteiger partial charge is 0.573 e. The van der Waals surface area contributed by atoms with Crippen LogP contribution < -0.4 is 14.8 Å². The summed E-state index contributed by atoms with van der Waals surface area (Å²) in [5.74, 6) is 0.534. The fourth-order valence-corrected chi connectivity index (χ4v) is 3.27. The predicted molar refractivity (Wildman–Crippen MR) is 92.4 cm³/mol. The van der Waals surface area contributed by atoms with Crippen LogP contribution in [-0.2, 0) is 0 Å². The molecule has 0 saturated carbocycles. The van der Waals surface area contributed by atoms with Crippen molar-refractivity contribution in [1.82, 2.24) is 10.2 Å². The highest BCUT2D eigenvalue weighted by Crippen LogP contribution is 2.36. The molecular formula is C19H21F3N2O2. The number of rotatable bonds is 5. The number of nitrogens with zero attached hydrogens (tertiary/aromatic N) is 1. The predicted octanol–water partition coefficient (Wildman–Crippen LogP) is 3.59. The maximum atomic E-state index is 12.4. The molecule has 0 amide bonds. The average molecular weight is 366 g/mol. The number of benzene rings is 2. The van der Waals surface area contributed by atoms with Gasteiger partial charge in [-0.15, -0.1) is 13.2 Å². The molecule has 0 aromatic heterocycles. The lowest BCUT2D eigenvalue weighted by Crippen LogP contribution is -2.45. The number of ether oxygens (including phenoxy) is 2. The second-order valence-electron chi connectivity index (χ2n) is 6.05. The van der Waals surface area contributed by atoms with Gasteiger partial charge < -0.3 is 14.8 Å². The monoisotopic (exact) mass is 366 g/mol. The number of alkyl halides is 3. The summed E-state index contributed by atoms with van der Waals surface area (Å²) in [6.45, 7) is 3.40. The topological polar surface area (TPSA) is 33.7 Å². The van der Waals surface area contributed by atoms with Crippen molar-refractivity contribution in [1.29, 1.82) is 0 Å². The molecule has 0 aliphatic carbocycles. The first-order valence-corrected chi connectivity index (χ1v) is 8.41. The molecule has 1 heterocycles. The third-order valence-corrected chi connectivity index (χ3v) is 4.38. The van der Waals surface area contributed by atoms with Gasteiger partial charge in [-0.3, -0.25) is 4.90 Å². The maximum Gasteiger partial charge on any atom is 0.573 e. The Morgan fingerprint density at radius 3 is 2.27 bits per heavy atom. The highest BCUT2D eigenvalue weighted by atomic mass is 19.4. The summed E-state index contributed by atoms with van der Waals surface area (Å²) in [6, 6.07) is 13.7. The molecule has 3 rings (SSSR count). The Kier molecular flexibility index (Phi) is 5.68. The minimum Gasteiger partial charge on any atom is -0.496 e. The van der Waals surface area contributed by atoms with E-state index in [2.05, 4.69) is 15.0 Å². The van der Waals surface area contributed by atoms with Crippen molar-refractivity contribution in [2.45, 2.75) is 12.4 Å². The summed E-state index contributed by atoms with van der Waals surface area (Å²) in [4.78, 5) is 2.30. The van der Waals surface area contributed by atoms with Gasteiger partial charge in [0.25, 0.3) is 0 Å². The van der Waals surface area contributed by atoms with Crippen LogP contribution in [0.1, 0.15) is 17.2 Å². The third kappa shape index (κ3) is 4.47. The summed E-state index contributed by atoms with van der Waals surface area (Å²) in [6.07, 6.45) is -4.69. The van der Waals surface area contributed by atoms with Crippen LogP contribution in [0.15, 0.2) is 48.5 Å². The highest BCUT2D eigenvalue weighted by molar-refractivity contribution is 5.43. The van der Waals surface area contributed by atoms with Crippen molar-refractivity contribution in [3.05, 3.63) is 59.7 Å². The lowest BCUT2D eigenvalue weighted by atomic mass is 9.95. The Morgan fingerprint density at radius 1 is 1.00 bits per heavy atom. The van der Waals surface area contributed by atoms with Crippen molar-refractivity contribution >= 4 is 0 Å². The minimum absolute atomic E-state index is 0.104. The zero-order chi connectivity index (χ0) is 18.6. The van der Waals surface area contributed by atoms with Gasteiger partial charge >= 0.3 is 6.36 Å². The van der Waals surface area contributed by atoms with Gasteiger partial charge in [0.05, 0.1) is 13.2 Å². The first-order chi connectivity index (χ1) is 12.5. The SMILES string of the molecule is COc1ccccc1[C@@H](c1ccc(OC(F)(F)F)cc1)N1CCNCC1. The highest BCUT2D eigenvalue weighted by Gasteiger charge is 2.31. The van der Waals surface area contributed by atoms with Crippen LogP contribution in [-0.4, -0.2) is 44.6 Å². The van der Waals surface area contributed by atoms with E-state index in [1.807, 2.05) is 24.3 Å². The van der Waals surface area contributed by atoms with Crippen molar-refractivity contribution in [2.75, 3.05) is 33.3 Å². The van der Waals surface area contributed by atoms with Crippen molar-refractivity contribution in [2.24, 2.45) is 0 Å². The normalized spacial score (nSPS) is 16.9. The molecule has 1 fully saturated rings. The zero-order valence-corrected chi connectivity index (χ0v) is 14.4. The van der Waals surface area contributed by atoms with E-state index in [0.29, 0.717) is 0 Å². The van der Waals surface area contributed by atoms with Crippen molar-refractivity contribution in [3.63, 3.8) is 0 Å². The fourth-order valence-electron chi connectivity index (χ4n) is 3.27. The lowest BCUT2D eigenvalue weighted by Gasteiger charge is -2.36. The summed E-state index contributed by atoms with van der Waals surface area (Å²) in [5, 5.41) is 3.32. The molecule has 1 N–H and O–H groups in total. The van der Waals surface area contributed by atoms with E-state index < -0.39 is 6.36 Å². The molecule has 1 aliphatic heterocycles. The van der Waals surface area contributed by atoms with E-state index in [4.69, 9.17) is 4.74 Å². The molecule has 1 atom stereocenters. The van der Waals surface area contributed by atoms with E-state index in [1.54, 1.807) is 19.2 Å². The van der Waals surface area contributed by atoms with Crippen LogP contribution in [0.25, 0.3) is 0 Å². The van der Waals surface area contributed by atoms with Crippen LogP contribution in [0, 0.1) is 0 Å². The average Bonchev–Trinajstić information content (AvgIpc) is 2.63. The second kappa shape index (κ2) is 7.97. The van der Waals surface area contributed by atoms with E-state index >= 15 is 0 Å². The van der Waals surface area contributed by atoms with Crippen LogP contribution in [0.2, 0.25) is 0 Å². The molecule has 4 nitrogen and oxygen atoms in total. The van der Waals surface area contributed by atoms with E-state index in [9.17, 15) is 13.2 Å². The molecule has 7 heteroatoms. The summed E-state index contributed by atoms with van der Waals surface area (Å²) in [5.41, 5.74) is 1.88. The number of para-hydroxylation sites is 1. The third-order valence-electron chi connectivity index (χ3n) is 4.38. The van der Waals surface area contributed by atoms with Gasteiger partial charge in [-0.1, -0.05) is 30.3 Å². The van der Waals surface area contributed by atoms with Gasteiger partial charge in [0, 0.05) is 31.7 Å². The molecule has 26 heavy (non-hydrogen) atoms. The summed E-state index contributed by atoms with van der Waals surface area (Å²) < 4.78 is 46.7. The molecule has 0 bridgehead atoms. The van der Waals surface area contributed by atoms with Gasteiger partial charge in [0.15, 0.2) is 0 Å². The number of hydrogen-bond donors (Lipinski definition) is 1. The molecule has 1 aliphatic rings. The van der Waals surface area contributed by atoms with Crippen molar-refractivity contribution < 1.29 is 22.6 Å². The molecule has 0 spiro atoms. The number of hydrogen-bond acceptors (Lipinski definition) is 4. The van der Waals surface area contributed by atoms with E-state index in [0.717, 1.165) is 43.1 Å². The smallest absolute Gasteiger partial charge is 0.496 e. The number of piperazine rings is 1. The van der Waals surface area contributed by atoms with Gasteiger partial charge in [-0.05, 0) is 23.8 Å². The molecule has 0 unspecified atom stereocenters. The Hall–Kier alpha value is -2.25. The quantitative estimate of drug-likeness (QED) is 0.877. The van der Waals surface area contributed by atoms with E-state index in [1.165, 1.54) is 12.1 Å². The fraction of sp³-hybridized carbons (Fsp3) is 0.368. The molecular weight excluding hydrogens is 345 g/mol. The molecule has 140 valence electrons. The Labute approximate surface area is 150 Å². The van der Waals surface area contributed by atoms with Crippen LogP contribution in [0.4, 0.5) is 13.2 Å². The van der Waals surface area contributed by atoms with Crippen LogP contribution in [0.3, 0.4) is 0 Å². The van der Waals surface area contributed by atoms with Gasteiger partial charge in [0.2, 0.25) is 0 Å². The Balaban J connectivity index is 1.95. The standard InChI is InChI=1S/C19H21F3N2O2/c1-25-17-5-3-2-4-16(17)18(24-12-10-23-11-13-24)14-6-8-15(9-7-14)26-19(20,21)22/h2-9,18,23H,10-13H2,1H3/t18-/m1/s1. The Morgan fingerprint density at radius 2 is 1.65 bits per heavy atom. The lowest BCUT2D eigenvalue weighted by molar-refractivity contribution is -0.274. The number of halogens is 3. The van der Waals surface area contributed by atoms with Gasteiger partial charge in [-0.2, -0.15) is 0 Å².